The zero-order valence-electron chi connectivity index (χ0n) is 21.1. The molecule has 0 radical (unpaired) electrons. The van der Waals surface area contributed by atoms with Crippen molar-refractivity contribution in [2.45, 2.75) is 50.7 Å². The van der Waals surface area contributed by atoms with Gasteiger partial charge in [-0.05, 0) is 87.0 Å². The molecule has 1 saturated heterocycles. The number of imidazole rings is 1. The lowest BCUT2D eigenvalue weighted by Gasteiger charge is -2.25. The van der Waals surface area contributed by atoms with Gasteiger partial charge in [-0.3, -0.25) is 0 Å². The van der Waals surface area contributed by atoms with Crippen LogP contribution in [0.4, 0.5) is 24.8 Å². The molecule has 1 atom stereocenters. The Balaban J connectivity index is 1.30. The Hall–Kier alpha value is -3.73. The number of pyridine rings is 1. The fourth-order valence-electron chi connectivity index (χ4n) is 5.52. The first kappa shape index (κ1) is 24.6. The molecule has 4 aromatic rings. The maximum Gasteiger partial charge on any atom is 0.453 e. The second-order valence-corrected chi connectivity index (χ2v) is 9.99. The van der Waals surface area contributed by atoms with E-state index in [1.807, 2.05) is 19.2 Å². The summed E-state index contributed by atoms with van der Waals surface area (Å²) in [5.74, 6) is -0.479. The zero-order chi connectivity index (χ0) is 26.3. The summed E-state index contributed by atoms with van der Waals surface area (Å²) < 4.78 is 43.8. The first-order valence-electron chi connectivity index (χ1n) is 13.0. The number of alkyl halides is 3. The maximum atomic E-state index is 13.6. The largest absolute Gasteiger partial charge is 0.453 e. The number of anilines is 2. The zero-order valence-corrected chi connectivity index (χ0v) is 21.1. The van der Waals surface area contributed by atoms with Crippen LogP contribution in [0, 0.1) is 0 Å². The molecular weight excluding hydrogens is 493 g/mol. The Bertz CT molecular complexity index is 1430. The summed E-state index contributed by atoms with van der Waals surface area (Å²) >= 11 is 0. The van der Waals surface area contributed by atoms with Crippen molar-refractivity contribution >= 4 is 11.6 Å². The molecule has 1 unspecified atom stereocenters. The predicted molar refractivity (Wildman–Crippen MR) is 137 cm³/mol. The summed E-state index contributed by atoms with van der Waals surface area (Å²) in [5.41, 5.74) is 3.72. The van der Waals surface area contributed by atoms with Gasteiger partial charge in [0, 0.05) is 31.2 Å². The topological polar surface area (TPSA) is 76.7 Å². The number of halogens is 3. The van der Waals surface area contributed by atoms with Crippen molar-refractivity contribution in [3.05, 3.63) is 65.7 Å². The Kier molecular flexibility index (Phi) is 6.38. The van der Waals surface area contributed by atoms with Crippen LogP contribution < -0.4 is 5.32 Å². The van der Waals surface area contributed by atoms with Gasteiger partial charge in [0.2, 0.25) is 5.95 Å². The Morgan fingerprint density at radius 1 is 0.974 bits per heavy atom. The van der Waals surface area contributed by atoms with Crippen LogP contribution in [0.5, 0.6) is 0 Å². The van der Waals surface area contributed by atoms with Gasteiger partial charge >= 0.3 is 6.18 Å². The van der Waals surface area contributed by atoms with E-state index >= 15 is 0 Å². The molecule has 0 spiro atoms. The van der Waals surface area contributed by atoms with Crippen LogP contribution in [0.3, 0.4) is 0 Å². The van der Waals surface area contributed by atoms with Gasteiger partial charge in [0.05, 0.1) is 0 Å². The van der Waals surface area contributed by atoms with Crippen LogP contribution in [-0.2, 0) is 26.1 Å². The second-order valence-electron chi connectivity index (χ2n) is 9.99. The number of hydrogen-bond donors (Lipinski definition) is 1. The maximum absolute atomic E-state index is 13.6. The molecule has 0 amide bonds. The summed E-state index contributed by atoms with van der Waals surface area (Å²) in [6, 6.07) is 11.7. The number of likely N-dealkylation sites (tertiary alicyclic amines) is 1. The minimum atomic E-state index is -4.70. The van der Waals surface area contributed by atoms with E-state index in [4.69, 9.17) is 0 Å². The molecule has 0 saturated carbocycles. The number of hydrogen-bond acceptors (Lipinski definition) is 6. The summed E-state index contributed by atoms with van der Waals surface area (Å²) in [6.45, 7) is 2.36. The number of aryl methyl sites for hydroxylation is 3. The fraction of sp³-hybridized carbons (Fsp3) is 0.407. The molecule has 6 rings (SSSR count). The normalized spacial score (nSPS) is 18.4. The third kappa shape index (κ3) is 4.90. The van der Waals surface area contributed by atoms with E-state index < -0.39 is 12.0 Å². The average Bonchev–Trinajstić information content (AvgIpc) is 3.64. The molecule has 198 valence electrons. The number of nitrogens with zero attached hydrogens (tertiary/aromatic N) is 7. The van der Waals surface area contributed by atoms with Crippen molar-refractivity contribution in [2.75, 3.05) is 18.4 Å². The molecule has 0 bridgehead atoms. The van der Waals surface area contributed by atoms with Crippen molar-refractivity contribution in [3.8, 4) is 17.3 Å². The van der Waals surface area contributed by atoms with Gasteiger partial charge in [-0.1, -0.05) is 12.1 Å². The van der Waals surface area contributed by atoms with E-state index in [1.54, 1.807) is 35.2 Å². The Morgan fingerprint density at radius 2 is 1.76 bits per heavy atom. The van der Waals surface area contributed by atoms with Gasteiger partial charge in [-0.25, -0.2) is 9.97 Å². The molecule has 1 aromatic carbocycles. The van der Waals surface area contributed by atoms with Crippen molar-refractivity contribution < 1.29 is 13.2 Å². The van der Waals surface area contributed by atoms with Crippen LogP contribution in [-0.4, -0.2) is 53.3 Å². The third-order valence-corrected chi connectivity index (χ3v) is 7.48. The average molecular weight is 523 g/mol. The molecule has 38 heavy (non-hydrogen) atoms. The Labute approximate surface area is 218 Å². The molecule has 1 fully saturated rings. The third-order valence-electron chi connectivity index (χ3n) is 7.48. The first-order chi connectivity index (χ1) is 18.3. The smallest absolute Gasteiger partial charge is 0.333 e. The number of aromatic nitrogens is 6. The van der Waals surface area contributed by atoms with Crippen LogP contribution in [0.1, 0.15) is 42.6 Å². The van der Waals surface area contributed by atoms with Gasteiger partial charge in [0.25, 0.3) is 5.82 Å². The molecule has 1 N–H and O–H groups in total. The van der Waals surface area contributed by atoms with Crippen LogP contribution in [0.25, 0.3) is 17.3 Å². The standard InChI is InChI=1S/C27H29F3N8/c1-36-16-13-31-24(36)22-5-4-6-23(33-22)38-26(34-25(35-38)27(28,29)30)32-20-10-7-18-8-11-21(12-9-19(18)17-20)37-14-2-3-15-37/h4-7,10,13,16-17,21H,2-3,8-9,11-12,14-15H2,1H3,(H,32,34,35). The van der Waals surface area contributed by atoms with Crippen LogP contribution >= 0.6 is 0 Å². The second kappa shape index (κ2) is 9.86. The summed E-state index contributed by atoms with van der Waals surface area (Å²) in [6.07, 6.45) is 5.45. The molecule has 1 aliphatic heterocycles. The molecule has 11 heteroatoms. The van der Waals surface area contributed by atoms with Crippen molar-refractivity contribution in [3.63, 3.8) is 0 Å². The minimum absolute atomic E-state index is 0.0506. The Morgan fingerprint density at radius 3 is 2.50 bits per heavy atom. The SMILES string of the molecule is Cn1ccnc1-c1cccc(-n2nc(C(F)(F)F)nc2Nc2ccc3c(c2)CCC(N2CCCC2)CC3)n1. The fourth-order valence-corrected chi connectivity index (χ4v) is 5.52. The lowest BCUT2D eigenvalue weighted by Crippen LogP contribution is -2.32. The van der Waals surface area contributed by atoms with E-state index in [9.17, 15) is 13.2 Å². The summed E-state index contributed by atoms with van der Waals surface area (Å²) in [5, 5.41) is 6.86. The van der Waals surface area contributed by atoms with Gasteiger partial charge < -0.3 is 14.8 Å². The lowest BCUT2D eigenvalue weighted by molar-refractivity contribution is -0.144. The first-order valence-corrected chi connectivity index (χ1v) is 13.0. The highest BCUT2D eigenvalue weighted by Crippen LogP contribution is 2.32. The highest BCUT2D eigenvalue weighted by Gasteiger charge is 2.37. The van der Waals surface area contributed by atoms with E-state index in [1.165, 1.54) is 37.1 Å². The van der Waals surface area contributed by atoms with E-state index in [-0.39, 0.29) is 11.8 Å². The van der Waals surface area contributed by atoms with Gasteiger partial charge in [0.1, 0.15) is 5.69 Å². The van der Waals surface area contributed by atoms with Crippen molar-refractivity contribution in [1.29, 1.82) is 0 Å². The highest BCUT2D eigenvalue weighted by atomic mass is 19.4. The van der Waals surface area contributed by atoms with Crippen LogP contribution in [0.15, 0.2) is 48.8 Å². The van der Waals surface area contributed by atoms with Crippen molar-refractivity contribution in [1.82, 2.24) is 34.2 Å². The molecule has 1 aliphatic carbocycles. The summed E-state index contributed by atoms with van der Waals surface area (Å²) in [7, 11) is 1.83. The number of nitrogens with one attached hydrogen (secondary N) is 1. The highest BCUT2D eigenvalue weighted by molar-refractivity contribution is 5.58. The van der Waals surface area contributed by atoms with E-state index in [0.29, 0.717) is 23.2 Å². The number of fused-ring (bicyclic) bond motifs is 1. The van der Waals surface area contributed by atoms with Crippen LogP contribution in [0.2, 0.25) is 0 Å². The minimum Gasteiger partial charge on any atom is -0.333 e. The molecular formula is C27H29F3N8. The quantitative estimate of drug-likeness (QED) is 0.365. The molecule has 2 aliphatic rings. The monoisotopic (exact) mass is 522 g/mol. The molecule has 4 heterocycles. The lowest BCUT2D eigenvalue weighted by atomic mass is 10.0. The molecule has 8 nitrogen and oxygen atoms in total. The van der Waals surface area contributed by atoms with Gasteiger partial charge in [-0.2, -0.15) is 22.8 Å². The van der Waals surface area contributed by atoms with E-state index in [2.05, 4.69) is 36.3 Å². The number of benzene rings is 1. The van der Waals surface area contributed by atoms with E-state index in [0.717, 1.165) is 30.4 Å². The summed E-state index contributed by atoms with van der Waals surface area (Å²) in [4.78, 5) is 15.2. The van der Waals surface area contributed by atoms with Crippen molar-refractivity contribution in [2.24, 2.45) is 7.05 Å². The molecule has 3 aromatic heterocycles. The van der Waals surface area contributed by atoms with Gasteiger partial charge in [0.15, 0.2) is 11.6 Å². The predicted octanol–water partition coefficient (Wildman–Crippen LogP) is 5.17. The van der Waals surface area contributed by atoms with Gasteiger partial charge in [-0.15, -0.1) is 5.10 Å². The number of rotatable bonds is 5.